The number of aromatic carboxylic acids is 1. The molecule has 0 aliphatic rings. The second kappa shape index (κ2) is 12.7. The lowest BCUT2D eigenvalue weighted by Crippen LogP contribution is -2.40. The predicted molar refractivity (Wildman–Crippen MR) is 121 cm³/mol. The van der Waals surface area contributed by atoms with Gasteiger partial charge < -0.3 is 30.7 Å². The first-order valence-electron chi connectivity index (χ1n) is 10.6. The van der Waals surface area contributed by atoms with Gasteiger partial charge in [-0.25, -0.2) is 4.79 Å². The molecule has 2 aromatic rings. The Morgan fingerprint density at radius 1 is 0.971 bits per heavy atom. The summed E-state index contributed by atoms with van der Waals surface area (Å²) in [6.07, 6.45) is 1.32. The minimum atomic E-state index is -1.35. The Hall–Kier alpha value is -4.21. The number of hydrogen-bond donors (Lipinski definition) is 5. The number of aromatic hydroxyl groups is 1. The quantitative estimate of drug-likeness (QED) is 0.218. The molecular formula is C24H26N2O8. The maximum Gasteiger partial charge on any atom is 0.339 e. The van der Waals surface area contributed by atoms with Crippen molar-refractivity contribution in [3.8, 4) is 5.75 Å². The lowest BCUT2D eigenvalue weighted by atomic mass is 9.92. The zero-order valence-electron chi connectivity index (χ0n) is 18.3. The van der Waals surface area contributed by atoms with Gasteiger partial charge in [-0.15, -0.1) is 0 Å². The first-order valence-corrected chi connectivity index (χ1v) is 10.6. The molecule has 2 rings (SSSR count). The lowest BCUT2D eigenvalue weighted by molar-refractivity contribution is -0.138. The number of unbranched alkanes of at least 4 members (excludes halogenated alkanes) is 1. The molecule has 180 valence electrons. The van der Waals surface area contributed by atoms with Crippen molar-refractivity contribution in [3.05, 3.63) is 65.2 Å². The van der Waals surface area contributed by atoms with Gasteiger partial charge in [-0.3, -0.25) is 14.4 Å². The Bertz CT molecular complexity index is 1040. The van der Waals surface area contributed by atoms with Gasteiger partial charge in [0, 0.05) is 12.1 Å². The van der Waals surface area contributed by atoms with Crippen molar-refractivity contribution in [1.29, 1.82) is 0 Å². The fourth-order valence-electron chi connectivity index (χ4n) is 3.37. The van der Waals surface area contributed by atoms with Crippen LogP contribution in [0.2, 0.25) is 0 Å². The SMILES string of the molecule is O=C[C@H](CC(=O)O)NC(=O)C(CCCCNC(=O)c1ccc(O)c(C(=O)O)c1)c1ccccc1. The molecule has 0 saturated carbocycles. The zero-order chi connectivity index (χ0) is 25.1. The van der Waals surface area contributed by atoms with Crippen LogP contribution >= 0.6 is 0 Å². The van der Waals surface area contributed by atoms with Crippen molar-refractivity contribution < 1.29 is 39.3 Å². The van der Waals surface area contributed by atoms with Crippen LogP contribution < -0.4 is 10.6 Å². The summed E-state index contributed by atoms with van der Waals surface area (Å²) in [6.45, 7) is 0.265. The van der Waals surface area contributed by atoms with Gasteiger partial charge in [-0.1, -0.05) is 36.8 Å². The van der Waals surface area contributed by atoms with Crippen molar-refractivity contribution in [2.24, 2.45) is 0 Å². The van der Waals surface area contributed by atoms with Crippen LogP contribution in [-0.4, -0.2) is 57.9 Å². The summed E-state index contributed by atoms with van der Waals surface area (Å²) in [7, 11) is 0. The summed E-state index contributed by atoms with van der Waals surface area (Å²) in [5, 5.41) is 32.6. The number of carbonyl (C=O) groups is 5. The van der Waals surface area contributed by atoms with E-state index in [1.54, 1.807) is 30.3 Å². The second-order valence-corrected chi connectivity index (χ2v) is 7.60. The minimum Gasteiger partial charge on any atom is -0.507 e. The molecular weight excluding hydrogens is 444 g/mol. The highest BCUT2D eigenvalue weighted by molar-refractivity contribution is 5.98. The topological polar surface area (TPSA) is 170 Å². The maximum atomic E-state index is 12.8. The van der Waals surface area contributed by atoms with Gasteiger partial charge >= 0.3 is 11.9 Å². The zero-order valence-corrected chi connectivity index (χ0v) is 18.3. The molecule has 0 aliphatic heterocycles. The maximum absolute atomic E-state index is 12.8. The molecule has 0 aliphatic carbocycles. The van der Waals surface area contributed by atoms with E-state index in [1.165, 1.54) is 6.07 Å². The number of carbonyl (C=O) groups excluding carboxylic acids is 3. The van der Waals surface area contributed by atoms with Gasteiger partial charge in [0.15, 0.2) is 0 Å². The van der Waals surface area contributed by atoms with Crippen molar-refractivity contribution in [1.82, 2.24) is 10.6 Å². The summed E-state index contributed by atoms with van der Waals surface area (Å²) in [6, 6.07) is 11.3. The van der Waals surface area contributed by atoms with E-state index in [1.807, 2.05) is 0 Å². The molecule has 0 fully saturated rings. The first-order chi connectivity index (χ1) is 16.2. The van der Waals surface area contributed by atoms with Crippen molar-refractivity contribution in [2.45, 2.75) is 37.6 Å². The van der Waals surface area contributed by atoms with Gasteiger partial charge in [0.2, 0.25) is 5.91 Å². The van der Waals surface area contributed by atoms with E-state index < -0.39 is 47.9 Å². The van der Waals surface area contributed by atoms with Crippen molar-refractivity contribution in [3.63, 3.8) is 0 Å². The second-order valence-electron chi connectivity index (χ2n) is 7.60. The van der Waals surface area contributed by atoms with E-state index in [0.717, 1.165) is 12.1 Å². The number of carboxylic acids is 2. The average Bonchev–Trinajstić information content (AvgIpc) is 2.81. The molecule has 0 spiro atoms. The molecule has 0 aromatic heterocycles. The molecule has 0 bridgehead atoms. The van der Waals surface area contributed by atoms with Gasteiger partial charge in [-0.05, 0) is 36.6 Å². The van der Waals surface area contributed by atoms with Crippen LogP contribution in [0.4, 0.5) is 0 Å². The number of rotatable bonds is 13. The van der Waals surface area contributed by atoms with Crippen molar-refractivity contribution >= 4 is 30.0 Å². The van der Waals surface area contributed by atoms with E-state index >= 15 is 0 Å². The third kappa shape index (κ3) is 7.73. The molecule has 2 amide bonds. The van der Waals surface area contributed by atoms with E-state index in [2.05, 4.69) is 10.6 Å². The predicted octanol–water partition coefficient (Wildman–Crippen LogP) is 1.93. The molecule has 10 nitrogen and oxygen atoms in total. The van der Waals surface area contributed by atoms with Crippen LogP contribution in [-0.2, 0) is 14.4 Å². The Morgan fingerprint density at radius 2 is 1.68 bits per heavy atom. The Labute approximate surface area is 195 Å². The van der Waals surface area contributed by atoms with Crippen LogP contribution in [0.25, 0.3) is 0 Å². The van der Waals surface area contributed by atoms with Gasteiger partial charge in [0.05, 0.1) is 18.4 Å². The third-order valence-electron chi connectivity index (χ3n) is 5.10. The van der Waals surface area contributed by atoms with Crippen LogP contribution in [0, 0.1) is 0 Å². The number of amides is 2. The molecule has 0 heterocycles. The number of hydrogen-bond acceptors (Lipinski definition) is 6. The van der Waals surface area contributed by atoms with Gasteiger partial charge in [-0.2, -0.15) is 0 Å². The summed E-state index contributed by atoms with van der Waals surface area (Å²) < 4.78 is 0. The van der Waals surface area contributed by atoms with Gasteiger partial charge in [0.1, 0.15) is 17.6 Å². The molecule has 0 radical (unpaired) electrons. The number of aldehydes is 1. The Kier molecular flexibility index (Phi) is 9.75. The number of benzene rings is 2. The molecule has 5 N–H and O–H groups in total. The summed E-state index contributed by atoms with van der Waals surface area (Å²) >= 11 is 0. The number of phenols is 1. The highest BCUT2D eigenvalue weighted by Crippen LogP contribution is 2.23. The number of carboxylic acid groups (broad SMARTS) is 2. The fraction of sp³-hybridized carbons (Fsp3) is 0.292. The van der Waals surface area contributed by atoms with Crippen LogP contribution in [0.3, 0.4) is 0 Å². The number of nitrogens with one attached hydrogen (secondary N) is 2. The smallest absolute Gasteiger partial charge is 0.339 e. The highest BCUT2D eigenvalue weighted by Gasteiger charge is 2.24. The van der Waals surface area contributed by atoms with Crippen LogP contribution in [0.5, 0.6) is 5.75 Å². The Morgan fingerprint density at radius 3 is 2.29 bits per heavy atom. The molecule has 2 atom stereocenters. The lowest BCUT2D eigenvalue weighted by Gasteiger charge is -2.19. The van der Waals surface area contributed by atoms with E-state index in [0.29, 0.717) is 31.1 Å². The largest absolute Gasteiger partial charge is 0.507 e. The minimum absolute atomic E-state index is 0.0927. The molecule has 1 unspecified atom stereocenters. The van der Waals surface area contributed by atoms with Crippen molar-refractivity contribution in [2.75, 3.05) is 6.54 Å². The monoisotopic (exact) mass is 470 g/mol. The van der Waals surface area contributed by atoms with E-state index in [4.69, 9.17) is 10.2 Å². The normalized spacial score (nSPS) is 12.2. The van der Waals surface area contributed by atoms with Crippen LogP contribution in [0.1, 0.15) is 57.9 Å². The molecule has 0 saturated heterocycles. The average molecular weight is 470 g/mol. The highest BCUT2D eigenvalue weighted by atomic mass is 16.4. The number of aliphatic carboxylic acids is 1. The van der Waals surface area contributed by atoms with Gasteiger partial charge in [0.25, 0.3) is 5.91 Å². The standard InChI is InChI=1S/C24H26N2O8/c27-14-17(13-21(29)30)26-23(32)18(15-6-2-1-3-7-15)8-4-5-11-25-22(31)16-9-10-20(28)19(12-16)24(33)34/h1-3,6-7,9-10,12,14,17-18,28H,4-5,8,11,13H2,(H,25,31)(H,26,32)(H,29,30)(H,33,34)/t17-,18?/m0/s1. The molecule has 34 heavy (non-hydrogen) atoms. The summed E-state index contributed by atoms with van der Waals surface area (Å²) in [5.41, 5.74) is 0.435. The van der Waals surface area contributed by atoms with Crippen LogP contribution in [0.15, 0.2) is 48.5 Å². The first kappa shape index (κ1) is 26.0. The summed E-state index contributed by atoms with van der Waals surface area (Å²) in [5.74, 6) is -4.55. The van der Waals surface area contributed by atoms with E-state index in [-0.39, 0.29) is 17.7 Å². The molecule has 2 aromatic carbocycles. The fourth-order valence-corrected chi connectivity index (χ4v) is 3.37. The Balaban J connectivity index is 1.93. The van der Waals surface area contributed by atoms with E-state index in [9.17, 15) is 29.1 Å². The summed E-state index contributed by atoms with van der Waals surface area (Å²) in [4.78, 5) is 58.1. The molecule has 10 heteroatoms. The third-order valence-corrected chi connectivity index (χ3v) is 5.10.